The highest BCUT2D eigenvalue weighted by molar-refractivity contribution is 5.88. The number of rotatable bonds is 4. The van der Waals surface area contributed by atoms with Gasteiger partial charge in [0.25, 0.3) is 0 Å². The summed E-state index contributed by atoms with van der Waals surface area (Å²) < 4.78 is 1.62. The van der Waals surface area contributed by atoms with E-state index in [1.54, 1.807) is 17.9 Å². The molecule has 96 valence electrons. The highest BCUT2D eigenvalue weighted by Gasteiger charge is 2.22. The number of carboxylic acid groups (broad SMARTS) is 1. The van der Waals surface area contributed by atoms with Crippen molar-refractivity contribution in [2.75, 3.05) is 5.32 Å². The van der Waals surface area contributed by atoms with E-state index in [1.807, 2.05) is 13.8 Å². The van der Waals surface area contributed by atoms with Gasteiger partial charge in [-0.1, -0.05) is 13.8 Å². The fourth-order valence-electron chi connectivity index (χ4n) is 1.74. The van der Waals surface area contributed by atoms with Crippen molar-refractivity contribution in [3.05, 3.63) is 12.5 Å². The zero-order valence-electron chi connectivity index (χ0n) is 10.5. The van der Waals surface area contributed by atoms with Crippen molar-refractivity contribution < 1.29 is 9.90 Å². The summed E-state index contributed by atoms with van der Waals surface area (Å²) >= 11 is 0. The average molecular weight is 249 g/mol. The number of anilines is 1. The SMILES string of the molecule is CC(C)[C@@H](Nc1ncnc2c1cnn2C)C(=O)O. The van der Waals surface area contributed by atoms with Gasteiger partial charge in [0.05, 0.1) is 11.6 Å². The molecule has 0 radical (unpaired) electrons. The maximum atomic E-state index is 11.2. The highest BCUT2D eigenvalue weighted by atomic mass is 16.4. The van der Waals surface area contributed by atoms with Crippen LogP contribution in [0.25, 0.3) is 11.0 Å². The van der Waals surface area contributed by atoms with Gasteiger partial charge in [-0.3, -0.25) is 4.68 Å². The van der Waals surface area contributed by atoms with Crippen LogP contribution in [-0.4, -0.2) is 36.9 Å². The van der Waals surface area contributed by atoms with Gasteiger partial charge in [0.1, 0.15) is 18.2 Å². The molecule has 2 rings (SSSR count). The first-order chi connectivity index (χ1) is 8.50. The summed E-state index contributed by atoms with van der Waals surface area (Å²) in [7, 11) is 1.77. The van der Waals surface area contributed by atoms with Crippen molar-refractivity contribution in [1.29, 1.82) is 0 Å². The minimum Gasteiger partial charge on any atom is -0.480 e. The van der Waals surface area contributed by atoms with Gasteiger partial charge in [-0.2, -0.15) is 5.10 Å². The molecule has 0 aliphatic heterocycles. The zero-order chi connectivity index (χ0) is 13.3. The quantitative estimate of drug-likeness (QED) is 0.835. The van der Waals surface area contributed by atoms with Gasteiger partial charge in [0, 0.05) is 7.05 Å². The van der Waals surface area contributed by atoms with Gasteiger partial charge in [-0.25, -0.2) is 14.8 Å². The highest BCUT2D eigenvalue weighted by Crippen LogP contribution is 2.20. The molecule has 0 saturated carbocycles. The summed E-state index contributed by atoms with van der Waals surface area (Å²) in [6.07, 6.45) is 3.02. The first-order valence-corrected chi connectivity index (χ1v) is 5.62. The number of fused-ring (bicyclic) bond motifs is 1. The minimum atomic E-state index is -0.902. The molecule has 0 saturated heterocycles. The number of nitrogens with one attached hydrogen (secondary N) is 1. The molecule has 7 nitrogen and oxygen atoms in total. The molecular formula is C11H15N5O2. The Labute approximate surface area is 104 Å². The Balaban J connectivity index is 2.39. The minimum absolute atomic E-state index is 0.0517. The van der Waals surface area contributed by atoms with Crippen LogP contribution < -0.4 is 5.32 Å². The Morgan fingerprint density at radius 2 is 2.17 bits per heavy atom. The Hall–Kier alpha value is -2.18. The fraction of sp³-hybridized carbons (Fsp3) is 0.455. The van der Waals surface area contributed by atoms with E-state index in [2.05, 4.69) is 20.4 Å². The lowest BCUT2D eigenvalue weighted by atomic mass is 10.0. The van der Waals surface area contributed by atoms with Crippen LogP contribution in [0.3, 0.4) is 0 Å². The summed E-state index contributed by atoms with van der Waals surface area (Å²) in [4.78, 5) is 19.3. The predicted octanol–water partition coefficient (Wildman–Crippen LogP) is 0.884. The molecule has 0 unspecified atom stereocenters. The largest absolute Gasteiger partial charge is 0.480 e. The molecule has 0 bridgehead atoms. The number of carboxylic acids is 1. The lowest BCUT2D eigenvalue weighted by Gasteiger charge is -2.18. The van der Waals surface area contributed by atoms with Gasteiger partial charge in [0.15, 0.2) is 5.65 Å². The van der Waals surface area contributed by atoms with E-state index in [9.17, 15) is 4.79 Å². The van der Waals surface area contributed by atoms with Crippen LogP contribution in [0.15, 0.2) is 12.5 Å². The third-order valence-electron chi connectivity index (χ3n) is 2.75. The number of hydrogen-bond acceptors (Lipinski definition) is 5. The maximum absolute atomic E-state index is 11.2. The summed E-state index contributed by atoms with van der Waals surface area (Å²) in [5.74, 6) is -0.459. The van der Waals surface area contributed by atoms with E-state index in [0.29, 0.717) is 16.9 Å². The second-order valence-corrected chi connectivity index (χ2v) is 4.43. The molecule has 2 heterocycles. The van der Waals surface area contributed by atoms with Crippen LogP contribution in [-0.2, 0) is 11.8 Å². The van der Waals surface area contributed by atoms with Crippen molar-refractivity contribution in [2.24, 2.45) is 13.0 Å². The molecule has 2 aromatic heterocycles. The van der Waals surface area contributed by atoms with Crippen LogP contribution in [0.4, 0.5) is 5.82 Å². The number of hydrogen-bond donors (Lipinski definition) is 2. The van der Waals surface area contributed by atoms with Crippen molar-refractivity contribution in [1.82, 2.24) is 19.7 Å². The number of aliphatic carboxylic acids is 1. The second-order valence-electron chi connectivity index (χ2n) is 4.43. The fourth-order valence-corrected chi connectivity index (χ4v) is 1.74. The third kappa shape index (κ3) is 2.11. The van der Waals surface area contributed by atoms with E-state index >= 15 is 0 Å². The van der Waals surface area contributed by atoms with E-state index in [-0.39, 0.29) is 5.92 Å². The molecule has 18 heavy (non-hydrogen) atoms. The Bertz CT molecular complexity index is 578. The molecule has 0 aromatic carbocycles. The van der Waals surface area contributed by atoms with Crippen LogP contribution in [0.2, 0.25) is 0 Å². The summed E-state index contributed by atoms with van der Waals surface area (Å²) in [6, 6.07) is -0.691. The molecule has 7 heteroatoms. The summed E-state index contributed by atoms with van der Waals surface area (Å²) in [5.41, 5.74) is 0.667. The monoisotopic (exact) mass is 249 g/mol. The third-order valence-corrected chi connectivity index (χ3v) is 2.75. The number of aryl methyl sites for hydroxylation is 1. The van der Waals surface area contributed by atoms with Gasteiger partial charge in [0.2, 0.25) is 0 Å². The molecule has 2 N–H and O–H groups in total. The maximum Gasteiger partial charge on any atom is 0.326 e. The second kappa shape index (κ2) is 4.59. The Kier molecular flexibility index (Phi) is 3.14. The van der Waals surface area contributed by atoms with Crippen molar-refractivity contribution in [3.63, 3.8) is 0 Å². The first-order valence-electron chi connectivity index (χ1n) is 5.62. The molecule has 1 atom stereocenters. The van der Waals surface area contributed by atoms with Gasteiger partial charge in [-0.05, 0) is 5.92 Å². The van der Waals surface area contributed by atoms with Crippen molar-refractivity contribution >= 4 is 22.8 Å². The van der Waals surface area contributed by atoms with E-state index in [4.69, 9.17) is 5.11 Å². The number of carbonyl (C=O) groups is 1. The van der Waals surface area contributed by atoms with Crippen LogP contribution in [0.1, 0.15) is 13.8 Å². The zero-order valence-corrected chi connectivity index (χ0v) is 10.5. The number of aromatic nitrogens is 4. The normalized spacial score (nSPS) is 12.9. The smallest absolute Gasteiger partial charge is 0.326 e. The Morgan fingerprint density at radius 3 is 2.78 bits per heavy atom. The predicted molar refractivity (Wildman–Crippen MR) is 66.2 cm³/mol. The molecule has 0 fully saturated rings. The number of nitrogens with zero attached hydrogens (tertiary/aromatic N) is 4. The van der Waals surface area contributed by atoms with Crippen LogP contribution >= 0.6 is 0 Å². The molecule has 0 amide bonds. The van der Waals surface area contributed by atoms with E-state index in [0.717, 1.165) is 0 Å². The average Bonchev–Trinajstić information content (AvgIpc) is 2.68. The molecule has 0 aliphatic carbocycles. The molecule has 0 spiro atoms. The van der Waals surface area contributed by atoms with E-state index in [1.165, 1.54) is 6.33 Å². The molecule has 0 aliphatic rings. The van der Waals surface area contributed by atoms with Gasteiger partial charge in [-0.15, -0.1) is 0 Å². The van der Waals surface area contributed by atoms with Crippen LogP contribution in [0, 0.1) is 5.92 Å². The topological polar surface area (TPSA) is 92.9 Å². The molecule has 2 aromatic rings. The van der Waals surface area contributed by atoms with Crippen molar-refractivity contribution in [2.45, 2.75) is 19.9 Å². The van der Waals surface area contributed by atoms with Gasteiger partial charge < -0.3 is 10.4 Å². The lowest BCUT2D eigenvalue weighted by molar-refractivity contribution is -0.138. The standard InChI is InChI=1S/C11H15N5O2/c1-6(2)8(11(17)18)15-9-7-4-14-16(3)10(7)13-5-12-9/h4-6,8H,1-3H3,(H,17,18)(H,12,13,15)/t8-/m1/s1. The molecular weight excluding hydrogens is 234 g/mol. The first kappa shape index (κ1) is 12.3. The van der Waals surface area contributed by atoms with Crippen LogP contribution in [0.5, 0.6) is 0 Å². The summed E-state index contributed by atoms with van der Waals surface area (Å²) in [6.45, 7) is 3.68. The van der Waals surface area contributed by atoms with E-state index < -0.39 is 12.0 Å². The summed E-state index contributed by atoms with van der Waals surface area (Å²) in [5, 5.41) is 16.9. The lowest BCUT2D eigenvalue weighted by Crippen LogP contribution is -2.34. The Morgan fingerprint density at radius 1 is 1.44 bits per heavy atom. The van der Waals surface area contributed by atoms with Gasteiger partial charge >= 0.3 is 5.97 Å². The van der Waals surface area contributed by atoms with Crippen molar-refractivity contribution in [3.8, 4) is 0 Å².